The van der Waals surface area contributed by atoms with E-state index >= 15 is 0 Å². The van der Waals surface area contributed by atoms with Gasteiger partial charge in [0.05, 0.1) is 17.3 Å². The first kappa shape index (κ1) is 20.2. The van der Waals surface area contributed by atoms with Crippen molar-refractivity contribution in [2.24, 2.45) is 0 Å². The topological polar surface area (TPSA) is 67.2 Å². The molecule has 0 atom stereocenters. The second kappa shape index (κ2) is 9.03. The predicted octanol–water partition coefficient (Wildman–Crippen LogP) is 3.82. The fourth-order valence-corrected chi connectivity index (χ4v) is 3.14. The first-order valence-corrected chi connectivity index (χ1v) is 8.26. The number of hydrogen-bond donors (Lipinski definition) is 2. The zero-order chi connectivity index (χ0) is 16.4. The maximum atomic E-state index is 12.9. The molecule has 0 aliphatic carbocycles. The first-order chi connectivity index (χ1) is 11.8. The molecule has 1 fully saturated rings. The minimum absolute atomic E-state index is 0. The molecule has 1 aliphatic heterocycles. The molecule has 0 radical (unpaired) electrons. The van der Waals surface area contributed by atoms with E-state index in [2.05, 4.69) is 15.6 Å². The summed E-state index contributed by atoms with van der Waals surface area (Å²) in [6.45, 7) is 1.89. The summed E-state index contributed by atoms with van der Waals surface area (Å²) in [6.07, 6.45) is 3.53. The van der Waals surface area contributed by atoms with Crippen LogP contribution in [-0.4, -0.2) is 30.0 Å². The fourth-order valence-electron chi connectivity index (χ4n) is 3.14. The number of amides is 1. The summed E-state index contributed by atoms with van der Waals surface area (Å²) in [4.78, 5) is 17.5. The molecular weight excluding hydrogens is 373 g/mol. The molecule has 0 saturated carbocycles. The summed E-state index contributed by atoms with van der Waals surface area (Å²) in [7, 11) is 0. The van der Waals surface area contributed by atoms with Gasteiger partial charge in [-0.05, 0) is 50.2 Å². The highest BCUT2D eigenvalue weighted by Crippen LogP contribution is 2.25. The summed E-state index contributed by atoms with van der Waals surface area (Å²) >= 11 is 0. The van der Waals surface area contributed by atoms with Crippen LogP contribution < -0.4 is 10.6 Å². The van der Waals surface area contributed by atoms with Crippen LogP contribution in [0.1, 0.15) is 23.2 Å². The SMILES string of the molecule is Cl.Cl.O=C(NC1CCNCC1)c1cc(-c2ccco2)nc2ccccc12. The Balaban J connectivity index is 0.00000121. The van der Waals surface area contributed by atoms with Gasteiger partial charge in [0.1, 0.15) is 5.69 Å². The molecular formula is C19H21Cl2N3O2. The molecule has 4 rings (SSSR count). The number of para-hydroxylation sites is 1. The van der Waals surface area contributed by atoms with E-state index in [1.54, 1.807) is 6.26 Å². The summed E-state index contributed by atoms with van der Waals surface area (Å²) in [5.74, 6) is 0.616. The third kappa shape index (κ3) is 4.18. The fraction of sp³-hybridized carbons (Fsp3) is 0.263. The van der Waals surface area contributed by atoms with Crippen LogP contribution in [0.5, 0.6) is 0 Å². The van der Waals surface area contributed by atoms with E-state index in [1.165, 1.54) is 0 Å². The number of nitrogens with zero attached hydrogens (tertiary/aromatic N) is 1. The number of halogens is 2. The molecule has 0 spiro atoms. The van der Waals surface area contributed by atoms with Gasteiger partial charge >= 0.3 is 0 Å². The van der Waals surface area contributed by atoms with Gasteiger partial charge in [-0.25, -0.2) is 4.98 Å². The molecule has 3 heterocycles. The molecule has 7 heteroatoms. The second-order valence-corrected chi connectivity index (χ2v) is 6.05. The molecule has 138 valence electrons. The molecule has 1 saturated heterocycles. The molecule has 1 aromatic carbocycles. The van der Waals surface area contributed by atoms with Crippen molar-refractivity contribution in [3.63, 3.8) is 0 Å². The molecule has 2 N–H and O–H groups in total. The Bertz CT molecular complexity index is 862. The lowest BCUT2D eigenvalue weighted by molar-refractivity contribution is 0.0931. The molecule has 5 nitrogen and oxygen atoms in total. The van der Waals surface area contributed by atoms with E-state index in [4.69, 9.17) is 4.42 Å². The molecule has 0 bridgehead atoms. The van der Waals surface area contributed by atoms with Crippen molar-refractivity contribution in [3.8, 4) is 11.5 Å². The van der Waals surface area contributed by atoms with Crippen LogP contribution in [0, 0.1) is 0 Å². The number of benzene rings is 1. The quantitative estimate of drug-likeness (QED) is 0.709. The number of piperidine rings is 1. The number of carbonyl (C=O) groups is 1. The van der Waals surface area contributed by atoms with Crippen LogP contribution in [-0.2, 0) is 0 Å². The van der Waals surface area contributed by atoms with Crippen molar-refractivity contribution < 1.29 is 9.21 Å². The average molecular weight is 394 g/mol. The minimum atomic E-state index is -0.0479. The van der Waals surface area contributed by atoms with Crippen LogP contribution in [0.25, 0.3) is 22.4 Å². The maximum absolute atomic E-state index is 12.9. The van der Waals surface area contributed by atoms with E-state index in [-0.39, 0.29) is 36.8 Å². The Morgan fingerprint density at radius 2 is 1.88 bits per heavy atom. The van der Waals surface area contributed by atoms with Gasteiger partial charge in [-0.15, -0.1) is 24.8 Å². The molecule has 26 heavy (non-hydrogen) atoms. The highest BCUT2D eigenvalue weighted by molar-refractivity contribution is 6.07. The molecule has 1 aliphatic rings. The van der Waals surface area contributed by atoms with Gasteiger partial charge in [0.15, 0.2) is 5.76 Å². The first-order valence-electron chi connectivity index (χ1n) is 8.26. The van der Waals surface area contributed by atoms with E-state index in [0.717, 1.165) is 36.8 Å². The number of rotatable bonds is 3. The normalized spacial score (nSPS) is 14.3. The van der Waals surface area contributed by atoms with Gasteiger partial charge in [-0.3, -0.25) is 4.79 Å². The second-order valence-electron chi connectivity index (χ2n) is 6.05. The van der Waals surface area contributed by atoms with Gasteiger partial charge < -0.3 is 15.1 Å². The van der Waals surface area contributed by atoms with E-state index < -0.39 is 0 Å². The Hall–Kier alpha value is -2.08. The Kier molecular flexibility index (Phi) is 7.03. The molecule has 0 unspecified atom stereocenters. The summed E-state index contributed by atoms with van der Waals surface area (Å²) in [6, 6.07) is 13.4. The summed E-state index contributed by atoms with van der Waals surface area (Å²) in [5.41, 5.74) is 2.11. The van der Waals surface area contributed by atoms with Crippen LogP contribution in [0.2, 0.25) is 0 Å². The zero-order valence-electron chi connectivity index (χ0n) is 14.1. The van der Waals surface area contributed by atoms with Gasteiger partial charge in [0.25, 0.3) is 5.91 Å². The van der Waals surface area contributed by atoms with Gasteiger partial charge in [0, 0.05) is 11.4 Å². The third-order valence-electron chi connectivity index (χ3n) is 4.41. The Morgan fingerprint density at radius 1 is 1.12 bits per heavy atom. The van der Waals surface area contributed by atoms with E-state index in [9.17, 15) is 4.79 Å². The summed E-state index contributed by atoms with van der Waals surface area (Å²) < 4.78 is 5.45. The lowest BCUT2D eigenvalue weighted by Gasteiger charge is -2.24. The van der Waals surface area contributed by atoms with Crippen LogP contribution >= 0.6 is 24.8 Å². The highest BCUT2D eigenvalue weighted by atomic mass is 35.5. The van der Waals surface area contributed by atoms with Crippen molar-refractivity contribution in [2.45, 2.75) is 18.9 Å². The number of nitrogens with one attached hydrogen (secondary N) is 2. The number of furan rings is 1. The number of hydrogen-bond acceptors (Lipinski definition) is 4. The predicted molar refractivity (Wildman–Crippen MR) is 107 cm³/mol. The average Bonchev–Trinajstić information content (AvgIpc) is 3.16. The van der Waals surface area contributed by atoms with Crippen molar-refractivity contribution in [2.75, 3.05) is 13.1 Å². The van der Waals surface area contributed by atoms with Crippen molar-refractivity contribution in [1.29, 1.82) is 0 Å². The zero-order valence-corrected chi connectivity index (χ0v) is 15.7. The molecule has 3 aromatic rings. The van der Waals surface area contributed by atoms with E-state index in [0.29, 0.717) is 17.0 Å². The Morgan fingerprint density at radius 3 is 2.62 bits per heavy atom. The largest absolute Gasteiger partial charge is 0.463 e. The third-order valence-corrected chi connectivity index (χ3v) is 4.41. The van der Waals surface area contributed by atoms with Gasteiger partial charge in [-0.2, -0.15) is 0 Å². The number of aromatic nitrogens is 1. The van der Waals surface area contributed by atoms with Crippen LogP contribution in [0.3, 0.4) is 0 Å². The number of fused-ring (bicyclic) bond motifs is 1. The standard InChI is InChI=1S/C19H19N3O2.2ClH/c23-19(21-13-7-9-20-10-8-13)15-12-17(18-6-3-11-24-18)22-16-5-2-1-4-14(15)16;;/h1-6,11-13,20H,7-10H2,(H,21,23);2*1H. The van der Waals surface area contributed by atoms with Gasteiger partial charge in [-0.1, -0.05) is 18.2 Å². The summed E-state index contributed by atoms with van der Waals surface area (Å²) in [5, 5.41) is 7.33. The van der Waals surface area contributed by atoms with Crippen LogP contribution in [0.15, 0.2) is 53.1 Å². The van der Waals surface area contributed by atoms with Crippen molar-refractivity contribution in [1.82, 2.24) is 15.6 Å². The molecule has 2 aromatic heterocycles. The number of pyridine rings is 1. The number of carbonyl (C=O) groups excluding carboxylic acids is 1. The molecule has 1 amide bonds. The monoisotopic (exact) mass is 393 g/mol. The smallest absolute Gasteiger partial charge is 0.252 e. The Labute approximate surface area is 164 Å². The maximum Gasteiger partial charge on any atom is 0.252 e. The van der Waals surface area contributed by atoms with Crippen molar-refractivity contribution in [3.05, 3.63) is 54.3 Å². The lowest BCUT2D eigenvalue weighted by atomic mass is 10.0. The van der Waals surface area contributed by atoms with E-state index in [1.807, 2.05) is 42.5 Å². The van der Waals surface area contributed by atoms with Crippen molar-refractivity contribution >= 4 is 41.6 Å². The van der Waals surface area contributed by atoms with Crippen LogP contribution in [0.4, 0.5) is 0 Å². The van der Waals surface area contributed by atoms with Gasteiger partial charge in [0.2, 0.25) is 0 Å². The minimum Gasteiger partial charge on any atom is -0.463 e. The lowest BCUT2D eigenvalue weighted by Crippen LogP contribution is -2.42. The highest BCUT2D eigenvalue weighted by Gasteiger charge is 2.19.